The van der Waals surface area contributed by atoms with Crippen molar-refractivity contribution in [1.29, 1.82) is 0 Å². The van der Waals surface area contributed by atoms with Gasteiger partial charge in [-0.3, -0.25) is 4.79 Å². The molecule has 1 heterocycles. The maximum atomic E-state index is 11.7. The second-order valence-electron chi connectivity index (χ2n) is 6.08. The van der Waals surface area contributed by atoms with Crippen molar-refractivity contribution >= 4 is 17.3 Å². The molecule has 1 aliphatic carbocycles. The third kappa shape index (κ3) is 3.14. The van der Waals surface area contributed by atoms with E-state index in [1.54, 1.807) is 0 Å². The Kier molecular flexibility index (Phi) is 4.24. The number of hydrogen-bond acceptors (Lipinski definition) is 2. The van der Waals surface area contributed by atoms with Gasteiger partial charge in [0.25, 0.3) is 0 Å². The van der Waals surface area contributed by atoms with Crippen LogP contribution in [0.15, 0.2) is 24.3 Å². The predicted octanol–water partition coefficient (Wildman–Crippen LogP) is 3.81. The van der Waals surface area contributed by atoms with Gasteiger partial charge in [-0.25, -0.2) is 0 Å². The van der Waals surface area contributed by atoms with Gasteiger partial charge in [-0.15, -0.1) is 0 Å². The molecule has 20 heavy (non-hydrogen) atoms. The van der Waals surface area contributed by atoms with Crippen molar-refractivity contribution in [3.05, 3.63) is 24.3 Å². The van der Waals surface area contributed by atoms with Gasteiger partial charge in [0.1, 0.15) is 0 Å². The maximum absolute atomic E-state index is 11.7. The number of hydrogen-bond donors (Lipinski definition) is 1. The third-order valence-corrected chi connectivity index (χ3v) is 4.57. The predicted molar refractivity (Wildman–Crippen MR) is 83.1 cm³/mol. The minimum absolute atomic E-state index is 0.257. The van der Waals surface area contributed by atoms with Crippen molar-refractivity contribution in [2.24, 2.45) is 5.92 Å². The first-order chi connectivity index (χ1) is 9.83. The number of amides is 1. The fraction of sp³-hybridized carbons (Fsp3) is 0.588. The second kappa shape index (κ2) is 6.29. The Balaban J connectivity index is 1.54. The zero-order chi connectivity index (χ0) is 13.8. The van der Waals surface area contributed by atoms with Crippen molar-refractivity contribution in [1.82, 2.24) is 0 Å². The molecule has 0 radical (unpaired) electrons. The van der Waals surface area contributed by atoms with Crippen LogP contribution in [-0.4, -0.2) is 19.0 Å². The molecule has 3 nitrogen and oxygen atoms in total. The van der Waals surface area contributed by atoms with E-state index in [4.69, 9.17) is 0 Å². The van der Waals surface area contributed by atoms with Crippen LogP contribution < -0.4 is 10.2 Å². The van der Waals surface area contributed by atoms with Gasteiger partial charge in [0, 0.05) is 30.9 Å². The lowest BCUT2D eigenvalue weighted by Crippen LogP contribution is -2.23. The number of anilines is 2. The fourth-order valence-corrected chi connectivity index (χ4v) is 3.33. The number of benzene rings is 1. The molecule has 108 valence electrons. The summed E-state index contributed by atoms with van der Waals surface area (Å²) in [6.45, 7) is 1.95. The third-order valence-electron chi connectivity index (χ3n) is 4.57. The van der Waals surface area contributed by atoms with Crippen LogP contribution in [0.4, 0.5) is 11.4 Å². The molecular weight excluding hydrogens is 248 g/mol. The lowest BCUT2D eigenvalue weighted by molar-refractivity contribution is -0.117. The van der Waals surface area contributed by atoms with Gasteiger partial charge in [-0.1, -0.05) is 19.3 Å². The quantitative estimate of drug-likeness (QED) is 0.904. The number of nitrogens with one attached hydrogen (secondary N) is 1. The molecule has 1 aliphatic heterocycles. The molecular formula is C17H24N2O. The van der Waals surface area contributed by atoms with Gasteiger partial charge in [0.15, 0.2) is 0 Å². The molecule has 0 spiro atoms. The van der Waals surface area contributed by atoms with Crippen LogP contribution in [0.3, 0.4) is 0 Å². The zero-order valence-electron chi connectivity index (χ0n) is 12.1. The highest BCUT2D eigenvalue weighted by atomic mass is 16.2. The largest absolute Gasteiger partial charge is 0.385 e. The van der Waals surface area contributed by atoms with Crippen molar-refractivity contribution in [3.8, 4) is 0 Å². The first kappa shape index (κ1) is 13.5. The Hall–Kier alpha value is -1.51. The van der Waals surface area contributed by atoms with E-state index in [9.17, 15) is 4.79 Å². The van der Waals surface area contributed by atoms with E-state index in [1.807, 2.05) is 4.90 Å². The smallest absolute Gasteiger partial charge is 0.227 e. The summed E-state index contributed by atoms with van der Waals surface area (Å²) in [5.41, 5.74) is 2.21. The summed E-state index contributed by atoms with van der Waals surface area (Å²) in [7, 11) is 0. The summed E-state index contributed by atoms with van der Waals surface area (Å²) in [6.07, 6.45) is 8.61. The topological polar surface area (TPSA) is 32.3 Å². The molecule has 0 atom stereocenters. The fourth-order valence-electron chi connectivity index (χ4n) is 3.33. The van der Waals surface area contributed by atoms with Crippen molar-refractivity contribution in [2.75, 3.05) is 23.3 Å². The van der Waals surface area contributed by atoms with E-state index < -0.39 is 0 Å². The summed E-state index contributed by atoms with van der Waals surface area (Å²) in [6, 6.07) is 8.33. The minimum atomic E-state index is 0.257. The number of nitrogens with zero attached hydrogens (tertiary/aromatic N) is 1. The van der Waals surface area contributed by atoms with Crippen LogP contribution >= 0.6 is 0 Å². The Morgan fingerprint density at radius 1 is 1.05 bits per heavy atom. The van der Waals surface area contributed by atoms with Gasteiger partial charge in [-0.2, -0.15) is 0 Å². The molecule has 1 amide bonds. The van der Waals surface area contributed by atoms with Crippen LogP contribution in [0.2, 0.25) is 0 Å². The van der Waals surface area contributed by atoms with E-state index in [0.29, 0.717) is 6.42 Å². The number of carbonyl (C=O) groups excluding carboxylic acids is 1. The van der Waals surface area contributed by atoms with Crippen LogP contribution in [0.25, 0.3) is 0 Å². The van der Waals surface area contributed by atoms with Crippen LogP contribution in [0.5, 0.6) is 0 Å². The summed E-state index contributed by atoms with van der Waals surface area (Å²) in [5, 5.41) is 3.54. The highest BCUT2D eigenvalue weighted by molar-refractivity contribution is 5.95. The Morgan fingerprint density at radius 3 is 2.45 bits per heavy atom. The van der Waals surface area contributed by atoms with Gasteiger partial charge >= 0.3 is 0 Å². The molecule has 1 N–H and O–H groups in total. The minimum Gasteiger partial charge on any atom is -0.385 e. The molecule has 1 saturated heterocycles. The van der Waals surface area contributed by atoms with E-state index in [1.165, 1.54) is 37.8 Å². The Labute approximate surface area is 121 Å². The van der Waals surface area contributed by atoms with Gasteiger partial charge in [-0.05, 0) is 49.4 Å². The Morgan fingerprint density at radius 2 is 1.80 bits per heavy atom. The lowest BCUT2D eigenvalue weighted by atomic mass is 9.89. The zero-order valence-corrected chi connectivity index (χ0v) is 12.1. The number of carbonyl (C=O) groups is 1. The van der Waals surface area contributed by atoms with E-state index >= 15 is 0 Å². The summed E-state index contributed by atoms with van der Waals surface area (Å²) in [4.78, 5) is 13.6. The van der Waals surface area contributed by atoms with E-state index in [-0.39, 0.29) is 5.91 Å². The second-order valence-corrected chi connectivity index (χ2v) is 6.08. The molecule has 1 saturated carbocycles. The standard InChI is InChI=1S/C17H24N2O/c20-17-7-4-12-19(17)16-10-8-15(9-11-16)18-13-14-5-2-1-3-6-14/h8-11,14,18H,1-7,12-13H2. The average Bonchev–Trinajstić information content (AvgIpc) is 2.93. The molecule has 0 aromatic heterocycles. The molecule has 0 bridgehead atoms. The van der Waals surface area contributed by atoms with Crippen LogP contribution in [0, 0.1) is 5.92 Å². The summed E-state index contributed by atoms with van der Waals surface area (Å²) in [5.74, 6) is 1.09. The first-order valence-corrected chi connectivity index (χ1v) is 7.97. The molecule has 1 aromatic rings. The monoisotopic (exact) mass is 272 g/mol. The number of rotatable bonds is 4. The SMILES string of the molecule is O=C1CCCN1c1ccc(NCC2CCCCC2)cc1. The molecule has 2 fully saturated rings. The average molecular weight is 272 g/mol. The molecule has 3 rings (SSSR count). The van der Waals surface area contributed by atoms with Gasteiger partial charge in [0.05, 0.1) is 0 Å². The molecule has 2 aliphatic rings. The van der Waals surface area contributed by atoms with Crippen molar-refractivity contribution in [2.45, 2.75) is 44.9 Å². The van der Waals surface area contributed by atoms with Gasteiger partial charge < -0.3 is 10.2 Å². The molecule has 0 unspecified atom stereocenters. The summed E-state index contributed by atoms with van der Waals surface area (Å²) < 4.78 is 0. The summed E-state index contributed by atoms with van der Waals surface area (Å²) >= 11 is 0. The highest BCUT2D eigenvalue weighted by Crippen LogP contribution is 2.25. The molecule has 1 aromatic carbocycles. The van der Waals surface area contributed by atoms with E-state index in [2.05, 4.69) is 29.6 Å². The van der Waals surface area contributed by atoms with Crippen LogP contribution in [0.1, 0.15) is 44.9 Å². The lowest BCUT2D eigenvalue weighted by Gasteiger charge is -2.22. The highest BCUT2D eigenvalue weighted by Gasteiger charge is 2.21. The van der Waals surface area contributed by atoms with E-state index in [0.717, 1.165) is 31.1 Å². The van der Waals surface area contributed by atoms with Crippen LogP contribution in [-0.2, 0) is 4.79 Å². The maximum Gasteiger partial charge on any atom is 0.227 e. The molecule has 3 heteroatoms. The first-order valence-electron chi connectivity index (χ1n) is 7.97. The van der Waals surface area contributed by atoms with Crippen molar-refractivity contribution < 1.29 is 4.79 Å². The van der Waals surface area contributed by atoms with Crippen molar-refractivity contribution in [3.63, 3.8) is 0 Å². The van der Waals surface area contributed by atoms with Gasteiger partial charge in [0.2, 0.25) is 5.91 Å². The Bertz CT molecular complexity index is 449. The normalized spacial score (nSPS) is 20.4.